The zero-order chi connectivity index (χ0) is 23.4. The lowest BCUT2D eigenvalue weighted by atomic mass is 10.1. The number of aliphatic hydroxyl groups excluding tert-OH is 1. The lowest BCUT2D eigenvalue weighted by Crippen LogP contribution is -2.29. The van der Waals surface area contributed by atoms with Crippen LogP contribution in [0.2, 0.25) is 0 Å². The molecule has 1 heterocycles. The minimum Gasteiger partial charge on any atom is -0.453 e. The third-order valence-electron chi connectivity index (χ3n) is 4.85. The Labute approximate surface area is 191 Å². The van der Waals surface area contributed by atoms with E-state index >= 15 is 0 Å². The third-order valence-corrected chi connectivity index (χ3v) is 5.58. The van der Waals surface area contributed by atoms with Gasteiger partial charge in [0.2, 0.25) is 0 Å². The molecule has 1 amide bonds. The number of hydrogen-bond donors (Lipinski definition) is 1. The highest BCUT2D eigenvalue weighted by molar-refractivity contribution is 9.10. The molecule has 6 nitrogen and oxygen atoms in total. The summed E-state index contributed by atoms with van der Waals surface area (Å²) in [5, 5.41) is 8.97. The van der Waals surface area contributed by atoms with Gasteiger partial charge in [0, 0.05) is 37.0 Å². The molecule has 0 saturated carbocycles. The van der Waals surface area contributed by atoms with Crippen LogP contribution in [0.4, 0.5) is 8.78 Å². The van der Waals surface area contributed by atoms with Crippen LogP contribution in [0.1, 0.15) is 21.6 Å². The Hall–Kier alpha value is -3.04. The number of aryl methyl sites for hydroxylation is 1. The lowest BCUT2D eigenvalue weighted by Gasteiger charge is -2.16. The van der Waals surface area contributed by atoms with Crippen molar-refractivity contribution in [3.8, 4) is 11.5 Å². The van der Waals surface area contributed by atoms with Crippen LogP contribution in [-0.2, 0) is 6.54 Å². The topological polar surface area (TPSA) is 71.8 Å². The Morgan fingerprint density at radius 3 is 2.44 bits per heavy atom. The summed E-state index contributed by atoms with van der Waals surface area (Å²) in [4.78, 5) is 26.6. The number of carbonyl (C=O) groups is 1. The van der Waals surface area contributed by atoms with Gasteiger partial charge in [0.05, 0.1) is 13.2 Å². The molecule has 0 unspecified atom stereocenters. The van der Waals surface area contributed by atoms with E-state index in [-0.39, 0.29) is 47.1 Å². The highest BCUT2D eigenvalue weighted by Gasteiger charge is 2.16. The van der Waals surface area contributed by atoms with Crippen molar-refractivity contribution in [3.05, 3.63) is 91.8 Å². The summed E-state index contributed by atoms with van der Waals surface area (Å²) in [6, 6.07) is 11.3. The second-order valence-corrected chi connectivity index (χ2v) is 7.97. The quantitative estimate of drug-likeness (QED) is 0.523. The second-order valence-electron chi connectivity index (χ2n) is 7.18. The van der Waals surface area contributed by atoms with Gasteiger partial charge in [0.1, 0.15) is 16.0 Å². The van der Waals surface area contributed by atoms with Gasteiger partial charge in [-0.2, -0.15) is 0 Å². The molecule has 32 heavy (non-hydrogen) atoms. The molecule has 9 heteroatoms. The fraction of sp³-hybridized carbons (Fsp3) is 0.217. The van der Waals surface area contributed by atoms with Gasteiger partial charge in [-0.1, -0.05) is 12.1 Å². The number of rotatable bonds is 7. The number of aromatic nitrogens is 1. The zero-order valence-electron chi connectivity index (χ0n) is 17.4. The molecule has 1 aromatic heterocycles. The summed E-state index contributed by atoms with van der Waals surface area (Å²) >= 11 is 3.21. The summed E-state index contributed by atoms with van der Waals surface area (Å²) in [7, 11) is 1.61. The normalized spacial score (nSPS) is 10.8. The van der Waals surface area contributed by atoms with Gasteiger partial charge in [-0.25, -0.2) is 8.78 Å². The van der Waals surface area contributed by atoms with Gasteiger partial charge < -0.3 is 19.3 Å². The SMILES string of the molecule is Cc1cc(Oc2ccc(F)cc2F)c(Br)c(=O)n1Cc1ccc(C(=O)N(C)CCO)cc1. The molecule has 0 aliphatic carbocycles. The van der Waals surface area contributed by atoms with Gasteiger partial charge in [0.25, 0.3) is 11.5 Å². The minimum atomic E-state index is -0.877. The van der Waals surface area contributed by atoms with Crippen molar-refractivity contribution in [2.75, 3.05) is 20.2 Å². The molecule has 1 N–H and O–H groups in total. The molecule has 0 bridgehead atoms. The van der Waals surface area contributed by atoms with E-state index < -0.39 is 11.6 Å². The molecule has 168 valence electrons. The highest BCUT2D eigenvalue weighted by atomic mass is 79.9. The molecule has 0 fully saturated rings. The third kappa shape index (κ3) is 5.23. The Bertz CT molecular complexity index is 1200. The van der Waals surface area contributed by atoms with E-state index in [9.17, 15) is 18.4 Å². The van der Waals surface area contributed by atoms with Crippen molar-refractivity contribution in [2.24, 2.45) is 0 Å². The van der Waals surface area contributed by atoms with Gasteiger partial charge in [-0.05, 0) is 52.7 Å². The molecule has 2 aromatic carbocycles. The maximum atomic E-state index is 13.9. The molecule has 0 atom stereocenters. The summed E-state index contributed by atoms with van der Waals surface area (Å²) in [5.41, 5.74) is 1.45. The van der Waals surface area contributed by atoms with Crippen LogP contribution in [0.15, 0.2) is 57.8 Å². The largest absolute Gasteiger partial charge is 0.453 e. The van der Waals surface area contributed by atoms with Crippen molar-refractivity contribution in [2.45, 2.75) is 13.5 Å². The number of halogens is 3. The van der Waals surface area contributed by atoms with Crippen LogP contribution in [0, 0.1) is 18.6 Å². The first-order chi connectivity index (χ1) is 15.2. The average molecular weight is 507 g/mol. The van der Waals surface area contributed by atoms with E-state index in [1.54, 1.807) is 44.3 Å². The molecule has 0 saturated heterocycles. The number of hydrogen-bond acceptors (Lipinski definition) is 4. The molecule has 0 spiro atoms. The molecule has 0 radical (unpaired) electrons. The first-order valence-corrected chi connectivity index (χ1v) is 10.5. The van der Waals surface area contributed by atoms with Crippen LogP contribution in [0.5, 0.6) is 11.5 Å². The number of carbonyl (C=O) groups excluding carboxylic acids is 1. The first-order valence-electron chi connectivity index (χ1n) is 9.69. The van der Waals surface area contributed by atoms with Crippen molar-refractivity contribution in [1.82, 2.24) is 9.47 Å². The van der Waals surface area contributed by atoms with Crippen molar-refractivity contribution >= 4 is 21.8 Å². The van der Waals surface area contributed by atoms with Crippen molar-refractivity contribution in [3.63, 3.8) is 0 Å². The fourth-order valence-electron chi connectivity index (χ4n) is 3.07. The Balaban J connectivity index is 1.83. The molecule has 3 rings (SSSR count). The summed E-state index contributed by atoms with van der Waals surface area (Å²) in [6.07, 6.45) is 0. The monoisotopic (exact) mass is 506 g/mol. The molecular formula is C23H21BrF2N2O4. The average Bonchev–Trinajstić information content (AvgIpc) is 2.76. The summed E-state index contributed by atoms with van der Waals surface area (Å²) < 4.78 is 34.1. The van der Waals surface area contributed by atoms with Gasteiger partial charge >= 0.3 is 0 Å². The van der Waals surface area contributed by atoms with Crippen molar-refractivity contribution in [1.29, 1.82) is 0 Å². The van der Waals surface area contributed by atoms with Crippen LogP contribution >= 0.6 is 15.9 Å². The Kier molecular flexibility index (Phi) is 7.42. The van der Waals surface area contributed by atoms with Crippen molar-refractivity contribution < 1.29 is 23.4 Å². The molecule has 0 aliphatic heterocycles. The number of benzene rings is 2. The van der Waals surface area contributed by atoms with Crippen LogP contribution in [0.3, 0.4) is 0 Å². The number of nitrogens with zero attached hydrogens (tertiary/aromatic N) is 2. The lowest BCUT2D eigenvalue weighted by molar-refractivity contribution is 0.0767. The Morgan fingerprint density at radius 2 is 1.81 bits per heavy atom. The number of likely N-dealkylation sites (N-methyl/N-ethyl adjacent to an activating group) is 1. The van der Waals surface area contributed by atoms with E-state index in [1.165, 1.54) is 9.47 Å². The maximum absolute atomic E-state index is 13.9. The van der Waals surface area contributed by atoms with Crippen LogP contribution in [-0.4, -0.2) is 40.7 Å². The maximum Gasteiger partial charge on any atom is 0.269 e. The van der Waals surface area contributed by atoms with E-state index in [0.717, 1.165) is 17.7 Å². The number of ether oxygens (including phenoxy) is 1. The van der Waals surface area contributed by atoms with Gasteiger partial charge in [0.15, 0.2) is 11.6 Å². The number of pyridine rings is 1. The summed E-state index contributed by atoms with van der Waals surface area (Å²) in [6.45, 7) is 2.07. The smallest absolute Gasteiger partial charge is 0.269 e. The number of aliphatic hydroxyl groups is 1. The van der Waals surface area contributed by atoms with E-state index in [0.29, 0.717) is 17.3 Å². The standard InChI is InChI=1S/C23H21BrF2N2O4/c1-14-11-20(32-19-8-7-17(25)12-18(19)26)21(24)23(31)28(14)13-15-3-5-16(6-4-15)22(30)27(2)9-10-29/h3-8,11-12,29H,9-10,13H2,1-2H3. The first kappa shape index (κ1) is 23.6. The fourth-order valence-corrected chi connectivity index (χ4v) is 3.48. The predicted molar refractivity (Wildman–Crippen MR) is 119 cm³/mol. The second kappa shape index (κ2) is 10.1. The molecule has 3 aromatic rings. The summed E-state index contributed by atoms with van der Waals surface area (Å²) in [5.74, 6) is -1.90. The van der Waals surface area contributed by atoms with Gasteiger partial charge in [-0.3, -0.25) is 9.59 Å². The van der Waals surface area contributed by atoms with E-state index in [4.69, 9.17) is 9.84 Å². The van der Waals surface area contributed by atoms with Crippen LogP contribution < -0.4 is 10.3 Å². The Morgan fingerprint density at radius 1 is 1.12 bits per heavy atom. The molecule has 0 aliphatic rings. The zero-order valence-corrected chi connectivity index (χ0v) is 19.0. The van der Waals surface area contributed by atoms with E-state index in [1.807, 2.05) is 0 Å². The predicted octanol–water partition coefficient (Wildman–Crippen LogP) is 4.10. The number of amides is 1. The highest BCUT2D eigenvalue weighted by Crippen LogP contribution is 2.30. The minimum absolute atomic E-state index is 0.101. The molecular weight excluding hydrogens is 486 g/mol. The van der Waals surface area contributed by atoms with Gasteiger partial charge in [-0.15, -0.1) is 0 Å². The van der Waals surface area contributed by atoms with E-state index in [2.05, 4.69) is 15.9 Å². The van der Waals surface area contributed by atoms with Crippen LogP contribution in [0.25, 0.3) is 0 Å².